The fourth-order valence-electron chi connectivity index (χ4n) is 10.2. The zero-order valence-electron chi connectivity index (χ0n) is 50.5. The highest BCUT2D eigenvalue weighted by Gasteiger charge is 2.55. The number of esters is 2. The first kappa shape index (κ1) is 65.0. The summed E-state index contributed by atoms with van der Waals surface area (Å²) in [5, 5.41) is 9.81. The Hall–Kier alpha value is -6.53. The smallest absolute Gasteiger partial charge is 0.336 e. The Morgan fingerprint density at radius 3 is 1.81 bits per heavy atom. The molecule has 3 heterocycles. The van der Waals surface area contributed by atoms with E-state index in [1.54, 1.807) is 74.0 Å². The fourth-order valence-corrected chi connectivity index (χ4v) is 12.0. The van der Waals surface area contributed by atoms with Gasteiger partial charge in [0.25, 0.3) is 14.1 Å². The Kier molecular flexibility index (Phi) is 21.8. The number of benzene rings is 4. The molecule has 0 radical (unpaired) electrons. The number of para-hydroxylation sites is 1. The van der Waals surface area contributed by atoms with Crippen molar-refractivity contribution in [3.63, 3.8) is 0 Å². The first-order valence-corrected chi connectivity index (χ1v) is 29.3. The van der Waals surface area contributed by atoms with Crippen molar-refractivity contribution >= 4 is 26.2 Å². The van der Waals surface area contributed by atoms with E-state index in [-0.39, 0.29) is 63.2 Å². The molecular weight excluding hydrogens is 1100 g/mol. The normalized spacial score (nSPS) is 18.6. The van der Waals surface area contributed by atoms with E-state index < -0.39 is 97.6 Å². The molecule has 5 aromatic rings. The predicted octanol–water partition coefficient (Wildman–Crippen LogP) is 10.4. The molecule has 2 aliphatic heterocycles. The van der Waals surface area contributed by atoms with Gasteiger partial charge < -0.3 is 51.8 Å². The highest BCUT2D eigenvalue weighted by Crippen LogP contribution is 2.53. The van der Waals surface area contributed by atoms with Crippen LogP contribution in [0.4, 0.5) is 10.1 Å². The quantitative estimate of drug-likeness (QED) is 0.0175. The van der Waals surface area contributed by atoms with Crippen LogP contribution in [0.25, 0.3) is 0 Å². The van der Waals surface area contributed by atoms with Crippen LogP contribution in [0, 0.1) is 28.0 Å². The van der Waals surface area contributed by atoms with E-state index >= 15 is 9.18 Å². The van der Waals surface area contributed by atoms with Crippen molar-refractivity contribution in [3.05, 3.63) is 158 Å². The second-order valence-electron chi connectivity index (χ2n) is 23.4. The van der Waals surface area contributed by atoms with Crippen molar-refractivity contribution in [1.82, 2.24) is 13.8 Å². The molecule has 7 rings (SSSR count). The van der Waals surface area contributed by atoms with Gasteiger partial charge in [-0.2, -0.15) is 5.26 Å². The lowest BCUT2D eigenvalue weighted by Gasteiger charge is -2.44. The number of piperidine rings is 1. The molecule has 0 aliphatic carbocycles. The third-order valence-electron chi connectivity index (χ3n) is 14.7. The first-order chi connectivity index (χ1) is 39.9. The average Bonchev–Trinajstić information content (AvgIpc) is 3.03. The molecule has 19 nitrogen and oxygen atoms in total. The summed E-state index contributed by atoms with van der Waals surface area (Å²) in [4.78, 5) is 58.7. The van der Waals surface area contributed by atoms with E-state index in [2.05, 4.69) is 10.7 Å². The second-order valence-corrected chi connectivity index (χ2v) is 24.8. The molecule has 0 saturated carbocycles. The Morgan fingerprint density at radius 1 is 0.762 bits per heavy atom. The van der Waals surface area contributed by atoms with Gasteiger partial charge in [0, 0.05) is 51.3 Å². The van der Waals surface area contributed by atoms with Crippen molar-refractivity contribution in [3.8, 4) is 17.6 Å². The van der Waals surface area contributed by atoms with Crippen LogP contribution in [0.15, 0.2) is 119 Å². The first-order valence-electron chi connectivity index (χ1n) is 28.2. The Bertz CT molecular complexity index is 3090. The fraction of sp³-hybridized carbons (Fsp3) is 0.508. The minimum Gasteiger partial charge on any atom is -0.497 e. The van der Waals surface area contributed by atoms with Crippen LogP contribution in [-0.2, 0) is 66.1 Å². The van der Waals surface area contributed by atoms with Gasteiger partial charge in [0.1, 0.15) is 47.3 Å². The third-order valence-corrected chi connectivity index (χ3v) is 16.8. The SMILES string of the molecule is COc1ccc(C(OC[C@H]2O[C@@H](c3cn(COC(=O)C(C)(C)C)c(=O)n(COC(=O)C(C)(C)C)c3=O)[C@H](OC3(OC)CCN(c4ccccc4F)CC3)[C@@H]2OP(OCCC#N)N(C(C)C)C(C)C)(c2ccccc2)c2ccc(OC)cc2)cc1. The van der Waals surface area contributed by atoms with Crippen LogP contribution in [0.3, 0.4) is 0 Å². The maximum atomic E-state index is 15.5. The molecule has 5 atom stereocenters. The monoisotopic (exact) mass is 1180 g/mol. The van der Waals surface area contributed by atoms with Gasteiger partial charge >= 0.3 is 17.6 Å². The van der Waals surface area contributed by atoms with Crippen LogP contribution in [0.2, 0.25) is 0 Å². The van der Waals surface area contributed by atoms with Gasteiger partial charge in [0.15, 0.2) is 19.2 Å². The van der Waals surface area contributed by atoms with Crippen LogP contribution in [-0.4, -0.2) is 110 Å². The van der Waals surface area contributed by atoms with Crippen LogP contribution in [0.1, 0.15) is 117 Å². The van der Waals surface area contributed by atoms with Crippen molar-refractivity contribution in [2.24, 2.45) is 10.8 Å². The summed E-state index contributed by atoms with van der Waals surface area (Å²) in [6.45, 7) is 16.7. The number of carbonyl (C=O) groups excluding carboxylic acids is 2. The molecule has 84 heavy (non-hydrogen) atoms. The number of rotatable bonds is 25. The second kappa shape index (κ2) is 28.1. The van der Waals surface area contributed by atoms with Crippen LogP contribution in [0.5, 0.6) is 11.5 Å². The van der Waals surface area contributed by atoms with Gasteiger partial charge in [0.2, 0.25) is 0 Å². The number of hydrogen-bond donors (Lipinski definition) is 0. The predicted molar refractivity (Wildman–Crippen MR) is 314 cm³/mol. The zero-order chi connectivity index (χ0) is 61.1. The molecular formula is C63H81FN5O14P. The zero-order valence-corrected chi connectivity index (χ0v) is 51.4. The molecule has 0 bridgehead atoms. The largest absolute Gasteiger partial charge is 0.497 e. The number of hydrogen-bond acceptors (Lipinski definition) is 17. The summed E-state index contributed by atoms with van der Waals surface area (Å²) >= 11 is 0. The molecule has 4 aromatic carbocycles. The molecule has 0 amide bonds. The van der Waals surface area contributed by atoms with E-state index in [0.29, 0.717) is 28.3 Å². The van der Waals surface area contributed by atoms with Gasteiger partial charge in [-0.1, -0.05) is 66.7 Å². The molecule has 21 heteroatoms. The minimum absolute atomic E-state index is 0.00196. The average molecular weight is 1180 g/mol. The van der Waals surface area contributed by atoms with E-state index in [0.717, 1.165) is 14.7 Å². The lowest BCUT2D eigenvalue weighted by molar-refractivity contribution is -0.270. The van der Waals surface area contributed by atoms with Gasteiger partial charge in [-0.15, -0.1) is 0 Å². The molecule has 454 valence electrons. The van der Waals surface area contributed by atoms with Gasteiger partial charge in [-0.3, -0.25) is 19.0 Å². The van der Waals surface area contributed by atoms with Crippen molar-refractivity contribution in [2.75, 3.05) is 52.5 Å². The standard InChI is InChI=1S/C63H81FN5O14P/c1-42(2)69(43(3)4)84(80-37-19-34-65)83-54-52(39-79-63(44-20-15-14-16-21-44,45-24-28-47(74-11)29-25-45)46-26-30-48(75-12)31-27-46)81-53(55(54)82-62(76-13)32-35-66(36-33-62)51-23-18-17-22-50(51)64)49-38-67(40-77-57(71)60(5,6)7)59(73)68(56(49)70)41-78-58(72)61(8,9)10/h14-18,20-31,38,42-43,52-55H,19,32-33,35-37,39-41H2,1-13H3/t52-,53+,54-,55+,84?/m1/s1. The molecule has 1 unspecified atom stereocenters. The summed E-state index contributed by atoms with van der Waals surface area (Å²) in [5.41, 5.74) is -2.88. The molecule has 2 saturated heterocycles. The minimum atomic E-state index is -2.11. The van der Waals surface area contributed by atoms with Gasteiger partial charge in [-0.05, 0) is 122 Å². The molecule has 0 spiro atoms. The Labute approximate surface area is 493 Å². The van der Waals surface area contributed by atoms with Crippen LogP contribution >= 0.6 is 8.53 Å². The van der Waals surface area contributed by atoms with Crippen molar-refractivity contribution < 1.29 is 60.9 Å². The summed E-state index contributed by atoms with van der Waals surface area (Å²) < 4.78 is 84.7. The maximum absolute atomic E-state index is 15.5. The van der Waals surface area contributed by atoms with Crippen molar-refractivity contribution in [1.29, 1.82) is 5.26 Å². The summed E-state index contributed by atoms with van der Waals surface area (Å²) in [7, 11) is 2.57. The highest BCUT2D eigenvalue weighted by atomic mass is 31.2. The summed E-state index contributed by atoms with van der Waals surface area (Å²) in [6.07, 6.45) is -3.53. The van der Waals surface area contributed by atoms with Crippen LogP contribution < -0.4 is 25.6 Å². The Balaban J connectivity index is 1.48. The highest BCUT2D eigenvalue weighted by molar-refractivity contribution is 7.44. The third kappa shape index (κ3) is 14.9. The number of anilines is 1. The number of aromatic nitrogens is 2. The lowest BCUT2D eigenvalue weighted by Crippen LogP contribution is -2.52. The topological polar surface area (TPSA) is 201 Å². The van der Waals surface area contributed by atoms with Crippen molar-refractivity contribution in [2.45, 2.75) is 150 Å². The van der Waals surface area contributed by atoms with Gasteiger partial charge in [-0.25, -0.2) is 18.4 Å². The van der Waals surface area contributed by atoms with E-state index in [1.165, 1.54) is 19.4 Å². The van der Waals surface area contributed by atoms with Gasteiger partial charge in [0.05, 0.1) is 62.0 Å². The number of nitriles is 1. The number of halogens is 1. The Morgan fingerprint density at radius 2 is 1.30 bits per heavy atom. The molecule has 0 N–H and O–H groups in total. The number of nitrogens with zero attached hydrogens (tertiary/aromatic N) is 5. The summed E-state index contributed by atoms with van der Waals surface area (Å²) in [6, 6.07) is 33.0. The number of ether oxygens (including phenoxy) is 8. The number of carbonyl (C=O) groups is 2. The van der Waals surface area contributed by atoms with E-state index in [1.807, 2.05) is 111 Å². The molecule has 2 fully saturated rings. The molecule has 1 aromatic heterocycles. The summed E-state index contributed by atoms with van der Waals surface area (Å²) in [5.74, 6) is -1.95. The van der Waals surface area contributed by atoms with E-state index in [9.17, 15) is 19.6 Å². The maximum Gasteiger partial charge on any atom is 0.336 e. The molecule has 2 aliphatic rings. The number of methoxy groups -OCH3 is 3. The van der Waals surface area contributed by atoms with E-state index in [4.69, 9.17) is 46.9 Å². The lowest BCUT2D eigenvalue weighted by atomic mass is 9.80.